The molecule has 4 aromatic carbocycles. The van der Waals surface area contributed by atoms with Gasteiger partial charge in [-0.15, -0.1) is 0 Å². The van der Waals surface area contributed by atoms with Crippen LogP contribution in [0.3, 0.4) is 0 Å². The lowest BCUT2D eigenvalue weighted by Crippen LogP contribution is -1.85. The SMILES string of the molecule is c1ccc2c(c1)cnc1c2ccc2c1ccc1oc3ccccc3c12. The van der Waals surface area contributed by atoms with Crippen molar-refractivity contribution >= 4 is 54.4 Å². The van der Waals surface area contributed by atoms with Crippen molar-refractivity contribution in [3.63, 3.8) is 0 Å². The van der Waals surface area contributed by atoms with Crippen LogP contribution in [-0.4, -0.2) is 4.98 Å². The first-order valence-corrected chi connectivity index (χ1v) is 8.40. The van der Waals surface area contributed by atoms with Crippen LogP contribution in [0.25, 0.3) is 54.4 Å². The second kappa shape index (κ2) is 4.58. The highest BCUT2D eigenvalue weighted by atomic mass is 16.3. The van der Waals surface area contributed by atoms with Gasteiger partial charge < -0.3 is 4.42 Å². The molecule has 0 saturated heterocycles. The number of para-hydroxylation sites is 1. The Morgan fingerprint density at radius 1 is 0.560 bits per heavy atom. The van der Waals surface area contributed by atoms with E-state index < -0.39 is 0 Å². The number of fused-ring (bicyclic) bond motifs is 9. The summed E-state index contributed by atoms with van der Waals surface area (Å²) in [6.07, 6.45) is 1.97. The second-order valence-corrected chi connectivity index (χ2v) is 6.44. The largest absolute Gasteiger partial charge is 0.456 e. The van der Waals surface area contributed by atoms with E-state index in [0.29, 0.717) is 0 Å². The van der Waals surface area contributed by atoms with Gasteiger partial charge in [0.2, 0.25) is 0 Å². The van der Waals surface area contributed by atoms with Crippen molar-refractivity contribution in [2.75, 3.05) is 0 Å². The molecule has 6 aromatic rings. The number of furan rings is 1. The van der Waals surface area contributed by atoms with Crippen LogP contribution in [0.2, 0.25) is 0 Å². The maximum Gasteiger partial charge on any atom is 0.136 e. The van der Waals surface area contributed by atoms with Crippen LogP contribution in [0, 0.1) is 0 Å². The van der Waals surface area contributed by atoms with Gasteiger partial charge in [-0.2, -0.15) is 0 Å². The minimum absolute atomic E-state index is 0.925. The number of benzene rings is 4. The Kier molecular flexibility index (Phi) is 2.37. The van der Waals surface area contributed by atoms with E-state index >= 15 is 0 Å². The number of pyridine rings is 1. The Bertz CT molecular complexity index is 1440. The first-order chi connectivity index (χ1) is 12.4. The van der Waals surface area contributed by atoms with E-state index in [2.05, 4.69) is 60.7 Å². The lowest BCUT2D eigenvalue weighted by atomic mass is 9.98. The Hall–Kier alpha value is -3.39. The van der Waals surface area contributed by atoms with E-state index in [0.717, 1.165) is 22.1 Å². The maximum atomic E-state index is 6.02. The van der Waals surface area contributed by atoms with Crippen molar-refractivity contribution in [2.45, 2.75) is 0 Å². The predicted octanol–water partition coefficient (Wildman–Crippen LogP) is 6.44. The Morgan fingerprint density at radius 3 is 2.24 bits per heavy atom. The lowest BCUT2D eigenvalue weighted by molar-refractivity contribution is 0.669. The fraction of sp³-hybridized carbons (Fsp3) is 0. The van der Waals surface area contributed by atoms with Gasteiger partial charge in [-0.1, -0.05) is 54.6 Å². The molecule has 2 aromatic heterocycles. The molecule has 0 aliphatic rings. The van der Waals surface area contributed by atoms with Crippen LogP contribution in [0.1, 0.15) is 0 Å². The molecule has 0 spiro atoms. The number of aromatic nitrogens is 1. The number of hydrogen-bond donors (Lipinski definition) is 0. The minimum Gasteiger partial charge on any atom is -0.456 e. The van der Waals surface area contributed by atoms with E-state index in [4.69, 9.17) is 9.40 Å². The number of hydrogen-bond acceptors (Lipinski definition) is 2. The average Bonchev–Trinajstić information content (AvgIpc) is 3.06. The molecule has 0 amide bonds. The first kappa shape index (κ1) is 13.0. The Morgan fingerprint density at radius 2 is 1.28 bits per heavy atom. The Balaban J connectivity index is 1.87. The standard InChI is InChI=1S/C23H13NO/c1-2-6-15-14(5-1)13-24-23-17(15)10-9-16-18(23)11-12-21-22(16)19-7-3-4-8-20(19)25-21/h1-13H. The minimum atomic E-state index is 0.925. The van der Waals surface area contributed by atoms with E-state index in [1.165, 1.54) is 32.3 Å². The molecule has 0 N–H and O–H groups in total. The zero-order chi connectivity index (χ0) is 16.4. The third-order valence-electron chi connectivity index (χ3n) is 5.09. The summed E-state index contributed by atoms with van der Waals surface area (Å²) in [4.78, 5) is 4.78. The molecule has 0 fully saturated rings. The summed E-state index contributed by atoms with van der Waals surface area (Å²) in [7, 11) is 0. The third-order valence-corrected chi connectivity index (χ3v) is 5.09. The van der Waals surface area contributed by atoms with Crippen molar-refractivity contribution in [1.82, 2.24) is 4.98 Å². The van der Waals surface area contributed by atoms with Gasteiger partial charge in [-0.05, 0) is 29.0 Å². The summed E-state index contributed by atoms with van der Waals surface area (Å²) in [6, 6.07) is 25.2. The van der Waals surface area contributed by atoms with Crippen LogP contribution in [-0.2, 0) is 0 Å². The fourth-order valence-corrected chi connectivity index (χ4v) is 3.96. The monoisotopic (exact) mass is 319 g/mol. The normalized spacial score (nSPS) is 12.0. The van der Waals surface area contributed by atoms with Crippen LogP contribution in [0.15, 0.2) is 83.4 Å². The summed E-state index contributed by atoms with van der Waals surface area (Å²) in [5, 5.41) is 8.29. The van der Waals surface area contributed by atoms with Crippen molar-refractivity contribution < 1.29 is 4.42 Å². The molecule has 0 radical (unpaired) electrons. The average molecular weight is 319 g/mol. The molecule has 25 heavy (non-hydrogen) atoms. The molecule has 0 saturated carbocycles. The lowest BCUT2D eigenvalue weighted by Gasteiger charge is -2.07. The van der Waals surface area contributed by atoms with Crippen molar-refractivity contribution in [2.24, 2.45) is 0 Å². The molecule has 2 nitrogen and oxygen atoms in total. The number of nitrogens with zero attached hydrogens (tertiary/aromatic N) is 1. The molecular formula is C23H13NO. The van der Waals surface area contributed by atoms with Gasteiger partial charge >= 0.3 is 0 Å². The predicted molar refractivity (Wildman–Crippen MR) is 104 cm³/mol. The molecule has 116 valence electrons. The van der Waals surface area contributed by atoms with Crippen LogP contribution >= 0.6 is 0 Å². The topological polar surface area (TPSA) is 26.0 Å². The maximum absolute atomic E-state index is 6.02. The summed E-state index contributed by atoms with van der Waals surface area (Å²) >= 11 is 0. The molecule has 6 rings (SSSR count). The zero-order valence-corrected chi connectivity index (χ0v) is 13.4. The van der Waals surface area contributed by atoms with Gasteiger partial charge in [-0.25, -0.2) is 0 Å². The van der Waals surface area contributed by atoms with E-state index in [1.54, 1.807) is 0 Å². The third kappa shape index (κ3) is 1.66. The Labute approximate surface area is 143 Å². The highest BCUT2D eigenvalue weighted by Crippen LogP contribution is 2.37. The van der Waals surface area contributed by atoms with Crippen molar-refractivity contribution in [3.8, 4) is 0 Å². The highest BCUT2D eigenvalue weighted by Gasteiger charge is 2.12. The molecule has 2 heteroatoms. The summed E-state index contributed by atoms with van der Waals surface area (Å²) < 4.78 is 6.02. The van der Waals surface area contributed by atoms with E-state index in [9.17, 15) is 0 Å². The number of rotatable bonds is 0. The molecule has 0 unspecified atom stereocenters. The van der Waals surface area contributed by atoms with Gasteiger partial charge in [-0.3, -0.25) is 4.98 Å². The molecule has 0 aliphatic heterocycles. The highest BCUT2D eigenvalue weighted by molar-refractivity contribution is 6.25. The van der Waals surface area contributed by atoms with Crippen LogP contribution in [0.5, 0.6) is 0 Å². The van der Waals surface area contributed by atoms with Gasteiger partial charge in [0, 0.05) is 33.1 Å². The summed E-state index contributed by atoms with van der Waals surface area (Å²) in [5.74, 6) is 0. The van der Waals surface area contributed by atoms with Crippen LogP contribution < -0.4 is 0 Å². The summed E-state index contributed by atoms with van der Waals surface area (Å²) in [5.41, 5.74) is 2.90. The zero-order valence-electron chi connectivity index (χ0n) is 13.4. The fourth-order valence-electron chi connectivity index (χ4n) is 3.96. The smallest absolute Gasteiger partial charge is 0.136 e. The quantitative estimate of drug-likeness (QED) is 0.301. The van der Waals surface area contributed by atoms with E-state index in [1.807, 2.05) is 18.3 Å². The van der Waals surface area contributed by atoms with Crippen LogP contribution in [0.4, 0.5) is 0 Å². The molecule has 2 heterocycles. The van der Waals surface area contributed by atoms with Gasteiger partial charge in [0.15, 0.2) is 0 Å². The molecule has 0 bridgehead atoms. The molecular weight excluding hydrogens is 306 g/mol. The van der Waals surface area contributed by atoms with Gasteiger partial charge in [0.25, 0.3) is 0 Å². The summed E-state index contributed by atoms with van der Waals surface area (Å²) in [6.45, 7) is 0. The van der Waals surface area contributed by atoms with Gasteiger partial charge in [0.1, 0.15) is 11.2 Å². The van der Waals surface area contributed by atoms with Gasteiger partial charge in [0.05, 0.1) is 5.52 Å². The van der Waals surface area contributed by atoms with Crippen molar-refractivity contribution in [1.29, 1.82) is 0 Å². The first-order valence-electron chi connectivity index (χ1n) is 8.40. The van der Waals surface area contributed by atoms with Crippen molar-refractivity contribution in [3.05, 3.63) is 79.0 Å². The molecule has 0 atom stereocenters. The molecule has 0 aliphatic carbocycles. The second-order valence-electron chi connectivity index (χ2n) is 6.44. The van der Waals surface area contributed by atoms with E-state index in [-0.39, 0.29) is 0 Å².